The molecule has 0 aromatic carbocycles. The lowest BCUT2D eigenvalue weighted by Crippen LogP contribution is -2.20. The van der Waals surface area contributed by atoms with Gasteiger partial charge in [-0.15, -0.1) is 0 Å². The number of nitrogens with two attached hydrogens (primary N) is 1. The van der Waals surface area contributed by atoms with Crippen molar-refractivity contribution in [2.75, 3.05) is 5.73 Å². The van der Waals surface area contributed by atoms with Crippen molar-refractivity contribution in [3.63, 3.8) is 0 Å². The number of nitrogens with zero attached hydrogens (tertiary/aromatic N) is 1. The fraction of sp³-hybridized carbons (Fsp3) is 0.167. The molecular weight excluding hydrogens is 132 g/mol. The van der Waals surface area contributed by atoms with Gasteiger partial charge in [0.15, 0.2) is 0 Å². The van der Waals surface area contributed by atoms with Crippen LogP contribution in [-0.4, -0.2) is 9.94 Å². The number of pyridine rings is 1. The summed E-state index contributed by atoms with van der Waals surface area (Å²) in [7, 11) is 0. The summed E-state index contributed by atoms with van der Waals surface area (Å²) in [5, 5.41) is 8.77. The summed E-state index contributed by atoms with van der Waals surface area (Å²) >= 11 is 0. The van der Waals surface area contributed by atoms with Crippen LogP contribution in [0.5, 0.6) is 0 Å². The number of nitrogen functional groups attached to an aromatic ring is 1. The second kappa shape index (κ2) is 2.06. The fourth-order valence-electron chi connectivity index (χ4n) is 0.639. The second-order valence-corrected chi connectivity index (χ2v) is 2.05. The maximum atomic E-state index is 10.8. The maximum Gasteiger partial charge on any atom is 0.287 e. The van der Waals surface area contributed by atoms with Gasteiger partial charge in [0.25, 0.3) is 5.56 Å². The molecule has 54 valence electrons. The van der Waals surface area contributed by atoms with Gasteiger partial charge in [-0.3, -0.25) is 4.79 Å². The highest BCUT2D eigenvalue weighted by Crippen LogP contribution is 2.01. The van der Waals surface area contributed by atoms with Crippen LogP contribution in [0.25, 0.3) is 0 Å². The Balaban J connectivity index is 3.50. The molecule has 0 aliphatic rings. The Morgan fingerprint density at radius 2 is 2.30 bits per heavy atom. The summed E-state index contributed by atoms with van der Waals surface area (Å²) in [5.74, 6) is 0. The summed E-state index contributed by atoms with van der Waals surface area (Å²) in [4.78, 5) is 10.8. The molecule has 0 saturated heterocycles. The number of hydrogen-bond acceptors (Lipinski definition) is 3. The van der Waals surface area contributed by atoms with Crippen LogP contribution in [0.4, 0.5) is 5.69 Å². The number of anilines is 1. The second-order valence-electron chi connectivity index (χ2n) is 2.05. The number of rotatable bonds is 0. The van der Waals surface area contributed by atoms with Gasteiger partial charge in [0.1, 0.15) is 0 Å². The minimum Gasteiger partial charge on any atom is -0.425 e. The van der Waals surface area contributed by atoms with Crippen molar-refractivity contribution in [1.82, 2.24) is 4.73 Å². The predicted octanol–water partition coefficient (Wildman–Crippen LogP) is -0.0238. The van der Waals surface area contributed by atoms with E-state index in [0.717, 1.165) is 0 Å². The van der Waals surface area contributed by atoms with Crippen LogP contribution < -0.4 is 11.3 Å². The molecule has 4 nitrogen and oxygen atoms in total. The van der Waals surface area contributed by atoms with Crippen molar-refractivity contribution in [2.45, 2.75) is 6.92 Å². The lowest BCUT2D eigenvalue weighted by molar-refractivity contribution is 0.174. The van der Waals surface area contributed by atoms with Gasteiger partial charge in [0.2, 0.25) is 0 Å². The molecule has 0 spiro atoms. The highest BCUT2D eigenvalue weighted by molar-refractivity contribution is 5.43. The average molecular weight is 140 g/mol. The van der Waals surface area contributed by atoms with Crippen LogP contribution in [0.15, 0.2) is 17.1 Å². The maximum absolute atomic E-state index is 10.8. The Bertz CT molecular complexity index is 303. The Hall–Kier alpha value is -1.45. The molecule has 1 aromatic rings. The van der Waals surface area contributed by atoms with E-state index in [1.807, 2.05) is 0 Å². The Morgan fingerprint density at radius 3 is 2.80 bits per heavy atom. The number of aromatic nitrogens is 1. The number of hydrogen-bond donors (Lipinski definition) is 2. The van der Waals surface area contributed by atoms with Crippen molar-refractivity contribution in [3.05, 3.63) is 28.2 Å². The largest absolute Gasteiger partial charge is 0.425 e. The van der Waals surface area contributed by atoms with Crippen LogP contribution >= 0.6 is 0 Å². The first kappa shape index (κ1) is 6.67. The first-order chi connectivity index (χ1) is 4.63. The molecule has 0 unspecified atom stereocenters. The molecule has 0 aliphatic heterocycles. The summed E-state index contributed by atoms with van der Waals surface area (Å²) in [6, 6.07) is 1.47. The summed E-state index contributed by atoms with van der Waals surface area (Å²) in [5.41, 5.74) is 5.66. The van der Waals surface area contributed by atoms with Gasteiger partial charge >= 0.3 is 0 Å². The zero-order valence-corrected chi connectivity index (χ0v) is 5.53. The van der Waals surface area contributed by atoms with Crippen molar-refractivity contribution >= 4 is 5.69 Å². The monoisotopic (exact) mass is 140 g/mol. The minimum atomic E-state index is -0.472. The third-order valence-corrected chi connectivity index (χ3v) is 1.36. The minimum absolute atomic E-state index is 0.366. The van der Waals surface area contributed by atoms with Crippen LogP contribution in [0.1, 0.15) is 5.56 Å². The average Bonchev–Trinajstić information content (AvgIpc) is 1.93. The molecule has 3 N–H and O–H groups in total. The van der Waals surface area contributed by atoms with Gasteiger partial charge in [0.05, 0.1) is 0 Å². The van der Waals surface area contributed by atoms with Crippen molar-refractivity contribution in [3.8, 4) is 0 Å². The van der Waals surface area contributed by atoms with E-state index >= 15 is 0 Å². The van der Waals surface area contributed by atoms with Crippen molar-refractivity contribution in [1.29, 1.82) is 0 Å². The molecular formula is C6H8N2O2. The van der Waals surface area contributed by atoms with E-state index in [2.05, 4.69) is 0 Å². The molecule has 0 saturated carbocycles. The molecule has 0 aliphatic carbocycles. The quantitative estimate of drug-likeness (QED) is 0.497. The van der Waals surface area contributed by atoms with E-state index in [0.29, 0.717) is 16.0 Å². The van der Waals surface area contributed by atoms with E-state index in [9.17, 15) is 4.79 Å². The molecule has 4 heteroatoms. The molecule has 1 rings (SSSR count). The van der Waals surface area contributed by atoms with E-state index in [1.54, 1.807) is 6.92 Å². The van der Waals surface area contributed by atoms with Gasteiger partial charge in [-0.2, -0.15) is 4.73 Å². The summed E-state index contributed by atoms with van der Waals surface area (Å²) in [6.45, 7) is 1.56. The van der Waals surface area contributed by atoms with Gasteiger partial charge < -0.3 is 10.9 Å². The molecule has 0 amide bonds. The lowest BCUT2D eigenvalue weighted by atomic mass is 10.3. The Morgan fingerprint density at radius 1 is 1.70 bits per heavy atom. The topological polar surface area (TPSA) is 68.2 Å². The first-order valence-corrected chi connectivity index (χ1v) is 2.80. The molecule has 0 atom stereocenters. The Labute approximate surface area is 57.5 Å². The van der Waals surface area contributed by atoms with E-state index in [4.69, 9.17) is 10.9 Å². The standard InChI is InChI=1S/C6H8N2O2/c1-4-5(7)2-3-8(10)6(4)9/h2-3,10H,7H2,1H3. The van der Waals surface area contributed by atoms with Gasteiger partial charge in [-0.1, -0.05) is 0 Å². The van der Waals surface area contributed by atoms with Crippen LogP contribution in [0, 0.1) is 6.92 Å². The van der Waals surface area contributed by atoms with Crippen molar-refractivity contribution < 1.29 is 5.21 Å². The summed E-state index contributed by atoms with van der Waals surface area (Å²) in [6.07, 6.45) is 1.21. The molecule has 0 fully saturated rings. The third-order valence-electron chi connectivity index (χ3n) is 1.36. The SMILES string of the molecule is Cc1c(N)ccn(O)c1=O. The molecule has 1 aromatic heterocycles. The van der Waals surface area contributed by atoms with Gasteiger partial charge in [0, 0.05) is 17.4 Å². The Kier molecular flexibility index (Phi) is 1.37. The fourth-order valence-corrected chi connectivity index (χ4v) is 0.639. The lowest BCUT2D eigenvalue weighted by Gasteiger charge is -1.99. The smallest absolute Gasteiger partial charge is 0.287 e. The van der Waals surface area contributed by atoms with Crippen LogP contribution in [0.2, 0.25) is 0 Å². The van der Waals surface area contributed by atoms with E-state index in [1.165, 1.54) is 12.3 Å². The molecule has 0 radical (unpaired) electrons. The van der Waals surface area contributed by atoms with E-state index < -0.39 is 5.56 Å². The van der Waals surface area contributed by atoms with Crippen molar-refractivity contribution in [2.24, 2.45) is 0 Å². The van der Waals surface area contributed by atoms with Gasteiger partial charge in [-0.25, -0.2) is 0 Å². The third kappa shape index (κ3) is 0.834. The van der Waals surface area contributed by atoms with Gasteiger partial charge in [-0.05, 0) is 13.0 Å². The highest BCUT2D eigenvalue weighted by Gasteiger charge is 1.99. The normalized spacial score (nSPS) is 9.70. The van der Waals surface area contributed by atoms with Crippen LogP contribution in [0.3, 0.4) is 0 Å². The molecule has 0 bridgehead atoms. The zero-order valence-electron chi connectivity index (χ0n) is 5.53. The highest BCUT2D eigenvalue weighted by atomic mass is 16.5. The van der Waals surface area contributed by atoms with E-state index in [-0.39, 0.29) is 0 Å². The zero-order chi connectivity index (χ0) is 7.72. The van der Waals surface area contributed by atoms with Crippen LogP contribution in [-0.2, 0) is 0 Å². The molecule has 1 heterocycles. The summed E-state index contributed by atoms with van der Waals surface area (Å²) < 4.78 is 0.506. The first-order valence-electron chi connectivity index (χ1n) is 2.80. The predicted molar refractivity (Wildman–Crippen MR) is 37.0 cm³/mol. The molecule has 10 heavy (non-hydrogen) atoms.